The summed E-state index contributed by atoms with van der Waals surface area (Å²) in [6.45, 7) is 18.8. The molecular weight excluding hydrogens is 695 g/mol. The third-order valence-corrected chi connectivity index (χ3v) is 9.92. The van der Waals surface area contributed by atoms with E-state index in [0.29, 0.717) is 12.2 Å². The predicted octanol–water partition coefficient (Wildman–Crippen LogP) is 4.75. The lowest BCUT2D eigenvalue weighted by Crippen LogP contribution is -2.40. The summed E-state index contributed by atoms with van der Waals surface area (Å²) in [4.78, 5) is 40.7. The van der Waals surface area contributed by atoms with Gasteiger partial charge in [-0.2, -0.15) is 10.2 Å². The Kier molecular flexibility index (Phi) is 15.9. The minimum atomic E-state index is -1.69. The van der Waals surface area contributed by atoms with Gasteiger partial charge in [-0.05, 0) is 53.2 Å². The number of anilines is 1. The van der Waals surface area contributed by atoms with Crippen molar-refractivity contribution < 1.29 is 37.5 Å². The van der Waals surface area contributed by atoms with Crippen LogP contribution in [0, 0.1) is 17.9 Å². The maximum Gasteiger partial charge on any atom is 0.280 e. The van der Waals surface area contributed by atoms with E-state index in [-0.39, 0.29) is 75.1 Å². The van der Waals surface area contributed by atoms with Gasteiger partial charge in [-0.3, -0.25) is 24.5 Å². The molecule has 0 spiro atoms. The van der Waals surface area contributed by atoms with Crippen molar-refractivity contribution in [3.8, 4) is 11.8 Å². The number of hydrogen-bond donors (Lipinski definition) is 2. The van der Waals surface area contributed by atoms with Gasteiger partial charge in [0.15, 0.2) is 24.0 Å². The number of rotatable bonds is 21. The summed E-state index contributed by atoms with van der Waals surface area (Å²) >= 11 is 0. The largest absolute Gasteiger partial charge is 0.484 e. The first kappa shape index (κ1) is 40.7. The van der Waals surface area contributed by atoms with Crippen LogP contribution in [0.4, 0.5) is 5.95 Å². The Morgan fingerprint density at radius 2 is 1.94 bits per heavy atom. The van der Waals surface area contributed by atoms with E-state index >= 15 is 0 Å². The number of carbonyl (C=O) groups excluding carboxylic acids is 1. The number of hydrogen-bond acceptors (Lipinski definition) is 13. The van der Waals surface area contributed by atoms with Crippen LogP contribution in [0.2, 0.25) is 0 Å². The van der Waals surface area contributed by atoms with Crippen molar-refractivity contribution in [3.05, 3.63) is 58.4 Å². The van der Waals surface area contributed by atoms with E-state index in [2.05, 4.69) is 35.9 Å². The molecule has 1 aromatic carbocycles. The number of nitrogens with one attached hydrogen (secondary N) is 2. The van der Waals surface area contributed by atoms with Gasteiger partial charge < -0.3 is 37.6 Å². The second kappa shape index (κ2) is 20.3. The second-order valence-electron chi connectivity index (χ2n) is 12.4. The molecule has 0 aliphatic carbocycles. The quantitative estimate of drug-likeness (QED) is 0.0660. The van der Waals surface area contributed by atoms with Crippen LogP contribution in [0.1, 0.15) is 60.6 Å². The summed E-state index contributed by atoms with van der Waals surface area (Å²) in [5.41, 5.74) is -0.426. The van der Waals surface area contributed by atoms with E-state index in [1.807, 2.05) is 40.7 Å². The van der Waals surface area contributed by atoms with Crippen LogP contribution in [0.3, 0.4) is 0 Å². The molecule has 4 rings (SSSR count). The first-order valence-electron chi connectivity index (χ1n) is 17.1. The molecule has 1 fully saturated rings. The Morgan fingerprint density at radius 1 is 1.19 bits per heavy atom. The third kappa shape index (κ3) is 11.0. The summed E-state index contributed by atoms with van der Waals surface area (Å²) in [7, 11) is -1.69. The van der Waals surface area contributed by atoms with Gasteiger partial charge >= 0.3 is 0 Å². The topological polar surface area (TPSA) is 189 Å². The highest BCUT2D eigenvalue weighted by atomic mass is 31.2. The van der Waals surface area contributed by atoms with Gasteiger partial charge in [0.05, 0.1) is 31.0 Å². The number of ether oxygens (including phenoxy) is 5. The average Bonchev–Trinajstić information content (AvgIpc) is 3.68. The Morgan fingerprint density at radius 3 is 2.62 bits per heavy atom. The number of amides is 1. The molecule has 1 aliphatic heterocycles. The molecule has 2 aromatic heterocycles. The number of H-pyrrole nitrogens is 1. The molecule has 17 nitrogen and oxygen atoms in total. The lowest BCUT2D eigenvalue weighted by molar-refractivity contribution is -0.181. The van der Waals surface area contributed by atoms with Gasteiger partial charge in [0.25, 0.3) is 20.0 Å². The highest BCUT2D eigenvalue weighted by Gasteiger charge is 2.49. The Labute approximate surface area is 304 Å². The van der Waals surface area contributed by atoms with E-state index in [1.54, 1.807) is 35.8 Å². The number of nitrogens with zero attached hydrogens (tertiary/aromatic N) is 6. The number of carbonyl (C=O) groups is 1. The highest BCUT2D eigenvalue weighted by molar-refractivity contribution is 7.44. The maximum atomic E-state index is 13.1. The van der Waals surface area contributed by atoms with Gasteiger partial charge in [-0.25, -0.2) is 16.2 Å². The monoisotopic (exact) mass is 742 g/mol. The molecule has 1 saturated heterocycles. The molecule has 2 N–H and O–H groups in total. The van der Waals surface area contributed by atoms with Crippen molar-refractivity contribution >= 4 is 31.5 Å². The third-order valence-electron chi connectivity index (χ3n) is 7.79. The summed E-state index contributed by atoms with van der Waals surface area (Å²) in [6, 6.07) is 11.0. The van der Waals surface area contributed by atoms with Crippen LogP contribution in [0.25, 0.3) is 16.0 Å². The zero-order valence-corrected chi connectivity index (χ0v) is 31.2. The van der Waals surface area contributed by atoms with Gasteiger partial charge in [0.1, 0.15) is 38.2 Å². The number of benzene rings is 1. The van der Waals surface area contributed by atoms with E-state index in [9.17, 15) is 9.59 Å². The van der Waals surface area contributed by atoms with Crippen LogP contribution >= 0.6 is 8.53 Å². The minimum Gasteiger partial charge on any atom is -0.484 e. The minimum absolute atomic E-state index is 0.0185. The molecule has 282 valence electrons. The molecule has 0 saturated carbocycles. The number of aromatic amines is 1. The van der Waals surface area contributed by atoms with Crippen molar-refractivity contribution in [1.29, 1.82) is 5.26 Å². The standard InChI is InChI=1S/C34H47N8O9P/c1-8-26-29(51-52(49-17-16-36-7)42(22(2)3)23(4)5)30(48-21-45-20-47-24(6)14-15-35)33(50-26)41-19-37-28-31(41)39-34(40-32(28)44)38-27(43)18-46-25-12-10-9-11-13-25/h9-13,19,22-24,26,29-30,33H,8,14,16-18,20-21H2,1-6H3,(H2,38,39,40,43,44)/t24?,26-,29?,30+,33-,52?/m1/s1. The van der Waals surface area contributed by atoms with Gasteiger partial charge in [-0.1, -0.05) is 25.1 Å². The molecule has 0 radical (unpaired) electrons. The first-order chi connectivity index (χ1) is 25.1. The molecular formula is C34H47N8O9P. The molecule has 1 amide bonds. The fraction of sp³-hybridized carbons (Fsp3) is 0.588. The number of imidazole rings is 1. The maximum absolute atomic E-state index is 13.1. The van der Waals surface area contributed by atoms with Crippen LogP contribution in [0.15, 0.2) is 41.5 Å². The lowest BCUT2D eigenvalue weighted by Gasteiger charge is -2.38. The summed E-state index contributed by atoms with van der Waals surface area (Å²) in [6.07, 6.45) is -1.14. The van der Waals surface area contributed by atoms with Gasteiger partial charge in [-0.15, -0.1) is 0 Å². The van der Waals surface area contributed by atoms with Crippen LogP contribution in [-0.4, -0.2) is 99.9 Å². The number of aromatic nitrogens is 4. The SMILES string of the molecule is [C-]#[N+]CCOP(OC1[C@@H](CC)O[C@@H](n2cnc3c(=O)[nH]c(NC(=O)COc4ccccc4)nc32)[C@H]1OCOCOC(C)CC#N)N(C(C)C)C(C)C. The van der Waals surface area contributed by atoms with Gasteiger partial charge in [0, 0.05) is 12.1 Å². The Bertz CT molecular complexity index is 1700. The van der Waals surface area contributed by atoms with Crippen molar-refractivity contribution in [1.82, 2.24) is 24.2 Å². The number of nitriles is 1. The highest BCUT2D eigenvalue weighted by Crippen LogP contribution is 2.51. The smallest absolute Gasteiger partial charge is 0.280 e. The second-order valence-corrected chi connectivity index (χ2v) is 13.8. The first-order valence-corrected chi connectivity index (χ1v) is 18.2. The summed E-state index contributed by atoms with van der Waals surface area (Å²) < 4.78 is 46.3. The predicted molar refractivity (Wildman–Crippen MR) is 191 cm³/mol. The zero-order chi connectivity index (χ0) is 37.6. The molecule has 6 atom stereocenters. The summed E-state index contributed by atoms with van der Waals surface area (Å²) in [5.74, 6) is -0.133. The van der Waals surface area contributed by atoms with Crippen LogP contribution in [-0.2, 0) is 32.8 Å². The van der Waals surface area contributed by atoms with E-state index < -0.39 is 44.5 Å². The lowest BCUT2D eigenvalue weighted by atomic mass is 10.1. The van der Waals surface area contributed by atoms with E-state index in [1.165, 1.54) is 6.33 Å². The van der Waals surface area contributed by atoms with Crippen LogP contribution in [0.5, 0.6) is 5.75 Å². The van der Waals surface area contributed by atoms with Crippen molar-refractivity contribution in [2.75, 3.05) is 38.7 Å². The van der Waals surface area contributed by atoms with Crippen LogP contribution < -0.4 is 15.6 Å². The molecule has 3 unspecified atom stereocenters. The average molecular weight is 743 g/mol. The molecule has 52 heavy (non-hydrogen) atoms. The number of para-hydroxylation sites is 1. The molecule has 1 aliphatic rings. The molecule has 3 aromatic rings. The zero-order valence-electron chi connectivity index (χ0n) is 30.3. The molecule has 3 heterocycles. The van der Waals surface area contributed by atoms with E-state index in [4.69, 9.17) is 44.6 Å². The Balaban J connectivity index is 1.64. The molecule has 18 heteroatoms. The van der Waals surface area contributed by atoms with Crippen molar-refractivity contribution in [3.63, 3.8) is 0 Å². The number of fused-ring (bicyclic) bond motifs is 1. The van der Waals surface area contributed by atoms with Crippen molar-refractivity contribution in [2.24, 2.45) is 0 Å². The fourth-order valence-corrected chi connectivity index (χ4v) is 7.24. The van der Waals surface area contributed by atoms with Crippen molar-refractivity contribution in [2.45, 2.75) is 97.1 Å². The normalized spacial score (nSPS) is 19.9. The molecule has 0 bridgehead atoms. The van der Waals surface area contributed by atoms with Gasteiger partial charge in [0.2, 0.25) is 12.5 Å². The van der Waals surface area contributed by atoms with E-state index in [0.717, 1.165) is 0 Å². The Hall–Kier alpha value is -4.03. The fourth-order valence-electron chi connectivity index (χ4n) is 5.48. The summed E-state index contributed by atoms with van der Waals surface area (Å²) in [5, 5.41) is 11.5.